The van der Waals surface area contributed by atoms with Crippen molar-refractivity contribution in [3.05, 3.63) is 0 Å². The first-order chi connectivity index (χ1) is 2.64. The van der Waals surface area contributed by atoms with Crippen LogP contribution in [0.4, 0.5) is 0 Å². The molecule has 0 aliphatic rings. The summed E-state index contributed by atoms with van der Waals surface area (Å²) in [6, 6.07) is 0. The van der Waals surface area contributed by atoms with Crippen LogP contribution >= 0.6 is 0 Å². The number of hydrogen-bond acceptors (Lipinski definition) is 1. The van der Waals surface area contributed by atoms with Crippen LogP contribution in [0.5, 0.6) is 0 Å². The Hall–Kier alpha value is 1.47. The monoisotopic (exact) mass is 136 g/mol. The predicted molar refractivity (Wildman–Crippen MR) is 36.8 cm³/mol. The maximum atomic E-state index is 9.70. The van der Waals surface area contributed by atoms with Gasteiger partial charge in [-0.15, -0.1) is 0 Å². The van der Waals surface area contributed by atoms with Crippen LogP contribution in [0.2, 0.25) is 0 Å². The van der Waals surface area contributed by atoms with Crippen LogP contribution in [0.25, 0.3) is 0 Å². The Balaban J connectivity index is -0.000000125. The van der Waals surface area contributed by atoms with Crippen LogP contribution in [-0.4, -0.2) is 70.2 Å². The predicted octanol–water partition coefficient (Wildman–Crippen LogP) is -0.570. The molecule has 0 aromatic heterocycles. The van der Waals surface area contributed by atoms with Gasteiger partial charge in [0.25, 0.3) is 0 Å². The molecule has 0 saturated heterocycles. The molecule has 0 bridgehead atoms. The standard InChI is InChI=1S/C4H8O2.2Na.2H/c1-3(2)4(5)6;;;;/h3H,1-2H3,(H,5,6);;;;. The summed E-state index contributed by atoms with van der Waals surface area (Å²) >= 11 is 0. The normalized spacial score (nSPS) is 6.88. The molecule has 40 valence electrons. The first-order valence-corrected chi connectivity index (χ1v) is 1.87. The number of hydrogen-bond donors (Lipinski definition) is 1. The van der Waals surface area contributed by atoms with Crippen LogP contribution in [-0.2, 0) is 4.79 Å². The van der Waals surface area contributed by atoms with Gasteiger partial charge in [-0.2, -0.15) is 0 Å². The molecule has 0 aromatic rings. The van der Waals surface area contributed by atoms with Gasteiger partial charge in [-0.1, -0.05) is 13.8 Å². The summed E-state index contributed by atoms with van der Waals surface area (Å²) in [5.41, 5.74) is 0. The summed E-state index contributed by atoms with van der Waals surface area (Å²) in [7, 11) is 0. The maximum absolute atomic E-state index is 9.70. The fraction of sp³-hybridized carbons (Fsp3) is 0.750. The van der Waals surface area contributed by atoms with E-state index in [9.17, 15) is 4.79 Å². The zero-order valence-electron chi connectivity index (χ0n) is 3.93. The summed E-state index contributed by atoms with van der Waals surface area (Å²) in [6.07, 6.45) is 0. The first kappa shape index (κ1) is 16.2. The molecule has 0 unspecified atom stereocenters. The van der Waals surface area contributed by atoms with Gasteiger partial charge in [0, 0.05) is 0 Å². The minimum absolute atomic E-state index is 0. The van der Waals surface area contributed by atoms with E-state index in [4.69, 9.17) is 5.11 Å². The molecule has 0 radical (unpaired) electrons. The summed E-state index contributed by atoms with van der Waals surface area (Å²) < 4.78 is 0. The van der Waals surface area contributed by atoms with Crippen LogP contribution in [0.1, 0.15) is 13.8 Å². The van der Waals surface area contributed by atoms with E-state index >= 15 is 0 Å². The van der Waals surface area contributed by atoms with Crippen molar-refractivity contribution in [1.29, 1.82) is 0 Å². The van der Waals surface area contributed by atoms with Gasteiger partial charge in [0.15, 0.2) is 0 Å². The average Bonchev–Trinajstić information content (AvgIpc) is 1.36. The molecule has 1 N–H and O–H groups in total. The van der Waals surface area contributed by atoms with E-state index in [1.165, 1.54) is 0 Å². The Labute approximate surface area is 93.6 Å². The average molecular weight is 136 g/mol. The fourth-order valence-electron chi connectivity index (χ4n) is 0. The van der Waals surface area contributed by atoms with Gasteiger partial charge >= 0.3 is 65.1 Å². The molecule has 0 aromatic carbocycles. The molecule has 0 amide bonds. The molecule has 0 atom stereocenters. The van der Waals surface area contributed by atoms with Crippen molar-refractivity contribution in [2.24, 2.45) is 5.92 Å². The number of carbonyl (C=O) groups is 1. The third-order valence-corrected chi connectivity index (χ3v) is 0.494. The van der Waals surface area contributed by atoms with E-state index in [1.54, 1.807) is 13.8 Å². The SMILES string of the molecule is CC(C)C(=O)O.[NaH].[NaH]. The third-order valence-electron chi connectivity index (χ3n) is 0.494. The molecule has 0 rings (SSSR count). The van der Waals surface area contributed by atoms with Crippen molar-refractivity contribution >= 4 is 65.1 Å². The number of rotatable bonds is 1. The molecule has 0 fully saturated rings. The summed E-state index contributed by atoms with van der Waals surface area (Å²) in [5, 5.41) is 7.99. The number of carboxylic acid groups (broad SMARTS) is 1. The molecular weight excluding hydrogens is 126 g/mol. The Morgan fingerprint density at radius 3 is 1.50 bits per heavy atom. The van der Waals surface area contributed by atoms with Crippen LogP contribution < -0.4 is 0 Å². The summed E-state index contributed by atoms with van der Waals surface area (Å²) in [6.45, 7) is 3.28. The fourth-order valence-corrected chi connectivity index (χ4v) is 0. The number of carboxylic acids is 1. The van der Waals surface area contributed by atoms with Gasteiger partial charge in [0.1, 0.15) is 0 Å². The Kier molecular flexibility index (Phi) is 17.2. The Bertz CT molecular complexity index is 63.1. The Morgan fingerprint density at radius 2 is 1.50 bits per heavy atom. The summed E-state index contributed by atoms with van der Waals surface area (Å²) in [4.78, 5) is 9.70. The van der Waals surface area contributed by atoms with E-state index < -0.39 is 5.97 Å². The first-order valence-electron chi connectivity index (χ1n) is 1.87. The van der Waals surface area contributed by atoms with E-state index in [0.29, 0.717) is 0 Å². The molecule has 0 aliphatic carbocycles. The van der Waals surface area contributed by atoms with Crippen molar-refractivity contribution in [1.82, 2.24) is 0 Å². The molecule has 8 heavy (non-hydrogen) atoms. The van der Waals surface area contributed by atoms with Crippen molar-refractivity contribution in [3.63, 3.8) is 0 Å². The van der Waals surface area contributed by atoms with Gasteiger partial charge in [-0.25, -0.2) is 0 Å². The Morgan fingerprint density at radius 1 is 1.38 bits per heavy atom. The van der Waals surface area contributed by atoms with Gasteiger partial charge in [-0.3, -0.25) is 4.79 Å². The van der Waals surface area contributed by atoms with Gasteiger partial charge in [0.05, 0.1) is 5.92 Å². The van der Waals surface area contributed by atoms with Gasteiger partial charge in [-0.05, 0) is 0 Å². The molecule has 0 heterocycles. The quantitative estimate of drug-likeness (QED) is 0.490. The zero-order valence-corrected chi connectivity index (χ0v) is 3.93. The third kappa shape index (κ3) is 10.5. The van der Waals surface area contributed by atoms with Crippen LogP contribution in [0.15, 0.2) is 0 Å². The second-order valence-electron chi connectivity index (χ2n) is 1.49. The second-order valence-corrected chi connectivity index (χ2v) is 1.49. The molecular formula is C4H10Na2O2. The van der Waals surface area contributed by atoms with Crippen molar-refractivity contribution in [2.45, 2.75) is 13.8 Å². The second kappa shape index (κ2) is 8.47. The number of aliphatic carboxylic acids is 1. The zero-order chi connectivity index (χ0) is 5.15. The molecule has 4 heteroatoms. The van der Waals surface area contributed by atoms with E-state index in [-0.39, 0.29) is 65.0 Å². The van der Waals surface area contributed by atoms with Gasteiger partial charge in [0.2, 0.25) is 0 Å². The molecule has 0 saturated carbocycles. The van der Waals surface area contributed by atoms with Crippen LogP contribution in [0, 0.1) is 5.92 Å². The summed E-state index contributed by atoms with van der Waals surface area (Å²) in [5.74, 6) is -0.972. The van der Waals surface area contributed by atoms with E-state index in [0.717, 1.165) is 0 Å². The van der Waals surface area contributed by atoms with E-state index in [2.05, 4.69) is 0 Å². The van der Waals surface area contributed by atoms with Gasteiger partial charge < -0.3 is 5.11 Å². The van der Waals surface area contributed by atoms with Crippen molar-refractivity contribution in [2.75, 3.05) is 0 Å². The van der Waals surface area contributed by atoms with Crippen molar-refractivity contribution in [3.8, 4) is 0 Å². The van der Waals surface area contributed by atoms with Crippen molar-refractivity contribution < 1.29 is 9.90 Å². The molecule has 2 nitrogen and oxygen atoms in total. The minimum atomic E-state index is -0.741. The van der Waals surface area contributed by atoms with E-state index in [1.807, 2.05) is 0 Å². The topological polar surface area (TPSA) is 37.3 Å². The molecule has 0 spiro atoms. The molecule has 0 aliphatic heterocycles. The van der Waals surface area contributed by atoms with Crippen LogP contribution in [0.3, 0.4) is 0 Å².